The zero-order valence-corrected chi connectivity index (χ0v) is 10.0. The van der Waals surface area contributed by atoms with Gasteiger partial charge in [-0.1, -0.05) is 12.1 Å². The number of aliphatic hydroxyl groups excluding tert-OH is 1. The lowest BCUT2D eigenvalue weighted by molar-refractivity contribution is -0.274. The second-order valence-corrected chi connectivity index (χ2v) is 3.77. The van der Waals surface area contributed by atoms with E-state index in [0.29, 0.717) is 6.42 Å². The number of carbonyl (C=O) groups excluding carboxylic acids is 1. The van der Waals surface area contributed by atoms with Gasteiger partial charge < -0.3 is 15.2 Å². The van der Waals surface area contributed by atoms with Gasteiger partial charge in [0.25, 0.3) is 0 Å². The van der Waals surface area contributed by atoms with Crippen molar-refractivity contribution < 1.29 is 27.8 Å². The number of amides is 1. The number of aryl methyl sites for hydroxylation is 1. The molecule has 0 saturated heterocycles. The highest BCUT2D eigenvalue weighted by atomic mass is 19.4. The molecule has 1 aromatic carbocycles. The first kappa shape index (κ1) is 15.3. The molecule has 7 heteroatoms. The number of ether oxygens (including phenoxy) is 1. The summed E-state index contributed by atoms with van der Waals surface area (Å²) >= 11 is 0. The zero-order chi connectivity index (χ0) is 14.3. The van der Waals surface area contributed by atoms with Crippen LogP contribution in [0.2, 0.25) is 0 Å². The van der Waals surface area contributed by atoms with Crippen LogP contribution in [0.4, 0.5) is 13.2 Å². The normalized spacial score (nSPS) is 11.2. The summed E-state index contributed by atoms with van der Waals surface area (Å²) < 4.78 is 39.5. The number of aliphatic hydroxyl groups is 1. The van der Waals surface area contributed by atoms with E-state index in [-0.39, 0.29) is 31.2 Å². The Morgan fingerprint density at radius 2 is 1.89 bits per heavy atom. The van der Waals surface area contributed by atoms with Crippen LogP contribution in [0.25, 0.3) is 0 Å². The van der Waals surface area contributed by atoms with Crippen LogP contribution < -0.4 is 10.1 Å². The van der Waals surface area contributed by atoms with Crippen molar-refractivity contribution in [3.63, 3.8) is 0 Å². The van der Waals surface area contributed by atoms with Crippen LogP contribution >= 0.6 is 0 Å². The minimum Gasteiger partial charge on any atom is -0.406 e. The minimum atomic E-state index is -4.70. The molecule has 0 unspecified atom stereocenters. The van der Waals surface area contributed by atoms with Gasteiger partial charge in [-0.15, -0.1) is 13.2 Å². The monoisotopic (exact) mass is 277 g/mol. The van der Waals surface area contributed by atoms with E-state index in [9.17, 15) is 18.0 Å². The molecule has 0 fully saturated rings. The zero-order valence-electron chi connectivity index (χ0n) is 10.0. The number of hydrogen-bond acceptors (Lipinski definition) is 3. The fourth-order valence-corrected chi connectivity index (χ4v) is 1.40. The Kier molecular flexibility index (Phi) is 5.62. The second kappa shape index (κ2) is 6.98. The Morgan fingerprint density at radius 3 is 2.42 bits per heavy atom. The van der Waals surface area contributed by atoms with Crippen LogP contribution in [-0.2, 0) is 11.2 Å². The minimum absolute atomic E-state index is 0.130. The molecule has 0 atom stereocenters. The molecule has 0 spiro atoms. The lowest BCUT2D eigenvalue weighted by Gasteiger charge is -2.09. The summed E-state index contributed by atoms with van der Waals surface area (Å²) in [6, 6.07) is 5.35. The highest BCUT2D eigenvalue weighted by molar-refractivity contribution is 5.76. The summed E-state index contributed by atoms with van der Waals surface area (Å²) in [5.74, 6) is -0.509. The van der Waals surface area contributed by atoms with Crippen molar-refractivity contribution in [2.45, 2.75) is 19.2 Å². The maximum Gasteiger partial charge on any atom is 0.573 e. The molecule has 1 rings (SSSR count). The van der Waals surface area contributed by atoms with Crippen molar-refractivity contribution in [3.8, 4) is 5.75 Å². The molecule has 0 bridgehead atoms. The van der Waals surface area contributed by atoms with E-state index in [2.05, 4.69) is 10.1 Å². The molecule has 0 saturated carbocycles. The van der Waals surface area contributed by atoms with Crippen molar-refractivity contribution >= 4 is 5.91 Å². The summed E-state index contributed by atoms with van der Waals surface area (Å²) in [6.07, 6.45) is -4.09. The Hall–Kier alpha value is -1.76. The third-order valence-electron chi connectivity index (χ3n) is 2.23. The molecule has 106 valence electrons. The fraction of sp³-hybridized carbons (Fsp3) is 0.417. The van der Waals surface area contributed by atoms with Crippen molar-refractivity contribution in [2.24, 2.45) is 0 Å². The van der Waals surface area contributed by atoms with Crippen molar-refractivity contribution in [2.75, 3.05) is 13.2 Å². The standard InChI is InChI=1S/C12H14F3NO3/c13-12(14,15)19-10-4-1-9(2-5-10)3-6-11(18)16-7-8-17/h1-2,4-5,17H,3,6-8H2,(H,16,18). The maximum atomic E-state index is 11.9. The lowest BCUT2D eigenvalue weighted by Crippen LogP contribution is -2.26. The molecular formula is C12H14F3NO3. The molecule has 0 radical (unpaired) electrons. The maximum absolute atomic E-state index is 11.9. The molecule has 19 heavy (non-hydrogen) atoms. The fourth-order valence-electron chi connectivity index (χ4n) is 1.40. The predicted molar refractivity (Wildman–Crippen MR) is 61.5 cm³/mol. The molecule has 4 nitrogen and oxygen atoms in total. The van der Waals surface area contributed by atoms with E-state index in [0.717, 1.165) is 5.56 Å². The third-order valence-corrected chi connectivity index (χ3v) is 2.23. The van der Waals surface area contributed by atoms with Gasteiger partial charge >= 0.3 is 6.36 Å². The van der Waals surface area contributed by atoms with Crippen molar-refractivity contribution in [1.29, 1.82) is 0 Å². The van der Waals surface area contributed by atoms with Gasteiger partial charge in [0.2, 0.25) is 5.91 Å². The van der Waals surface area contributed by atoms with Gasteiger partial charge in [-0.3, -0.25) is 4.79 Å². The van der Waals surface area contributed by atoms with Crippen molar-refractivity contribution in [1.82, 2.24) is 5.32 Å². The van der Waals surface area contributed by atoms with Gasteiger partial charge in [0.15, 0.2) is 0 Å². The molecule has 1 amide bonds. The predicted octanol–water partition coefficient (Wildman–Crippen LogP) is 1.63. The average molecular weight is 277 g/mol. The van der Waals surface area contributed by atoms with Crippen LogP contribution in [0.15, 0.2) is 24.3 Å². The van der Waals surface area contributed by atoms with Gasteiger partial charge in [-0.2, -0.15) is 0 Å². The molecule has 0 aliphatic rings. The summed E-state index contributed by atoms with van der Waals surface area (Å²) in [5, 5.41) is 11.0. The van der Waals surface area contributed by atoms with E-state index >= 15 is 0 Å². The second-order valence-electron chi connectivity index (χ2n) is 3.77. The first-order chi connectivity index (χ1) is 8.90. The number of nitrogens with one attached hydrogen (secondary N) is 1. The van der Waals surface area contributed by atoms with Crippen LogP contribution in [0.5, 0.6) is 5.75 Å². The smallest absolute Gasteiger partial charge is 0.406 e. The van der Waals surface area contributed by atoms with E-state index in [1.54, 1.807) is 0 Å². The first-order valence-corrected chi connectivity index (χ1v) is 5.63. The Balaban J connectivity index is 2.42. The van der Waals surface area contributed by atoms with Gasteiger partial charge in [0.05, 0.1) is 6.61 Å². The molecule has 0 heterocycles. The highest BCUT2D eigenvalue weighted by Crippen LogP contribution is 2.22. The van der Waals surface area contributed by atoms with E-state index in [1.165, 1.54) is 24.3 Å². The Bertz CT molecular complexity index is 404. The summed E-state index contributed by atoms with van der Waals surface area (Å²) in [7, 11) is 0. The number of alkyl halides is 3. The number of hydrogen-bond donors (Lipinski definition) is 2. The van der Waals surface area contributed by atoms with Crippen molar-refractivity contribution in [3.05, 3.63) is 29.8 Å². The first-order valence-electron chi connectivity index (χ1n) is 5.63. The van der Waals surface area contributed by atoms with Gasteiger partial charge in [-0.25, -0.2) is 0 Å². The van der Waals surface area contributed by atoms with Crippen LogP contribution in [0.1, 0.15) is 12.0 Å². The Morgan fingerprint density at radius 1 is 1.26 bits per heavy atom. The molecule has 0 aliphatic carbocycles. The molecule has 0 aliphatic heterocycles. The molecule has 0 aromatic heterocycles. The van der Waals surface area contributed by atoms with Gasteiger partial charge in [0.1, 0.15) is 5.75 Å². The largest absolute Gasteiger partial charge is 0.573 e. The molecule has 2 N–H and O–H groups in total. The summed E-state index contributed by atoms with van der Waals surface area (Å²) in [4.78, 5) is 11.2. The summed E-state index contributed by atoms with van der Waals surface area (Å²) in [6.45, 7) is 0.0619. The van der Waals surface area contributed by atoms with Gasteiger partial charge in [0, 0.05) is 13.0 Å². The van der Waals surface area contributed by atoms with Crippen LogP contribution in [0.3, 0.4) is 0 Å². The number of rotatable bonds is 6. The average Bonchev–Trinajstić information content (AvgIpc) is 2.33. The van der Waals surface area contributed by atoms with Gasteiger partial charge in [-0.05, 0) is 24.1 Å². The van der Waals surface area contributed by atoms with Crippen LogP contribution in [-0.4, -0.2) is 30.5 Å². The van der Waals surface area contributed by atoms with E-state index in [1.807, 2.05) is 0 Å². The third kappa shape index (κ3) is 6.66. The topological polar surface area (TPSA) is 58.6 Å². The highest BCUT2D eigenvalue weighted by Gasteiger charge is 2.30. The molecular weight excluding hydrogens is 263 g/mol. The summed E-state index contributed by atoms with van der Waals surface area (Å²) in [5.41, 5.74) is 0.730. The SMILES string of the molecule is O=C(CCc1ccc(OC(F)(F)F)cc1)NCCO. The number of benzene rings is 1. The quantitative estimate of drug-likeness (QED) is 0.831. The lowest BCUT2D eigenvalue weighted by atomic mass is 10.1. The van der Waals surface area contributed by atoms with Crippen LogP contribution in [0, 0.1) is 0 Å². The van der Waals surface area contributed by atoms with E-state index in [4.69, 9.17) is 5.11 Å². The number of carbonyl (C=O) groups is 1. The van der Waals surface area contributed by atoms with E-state index < -0.39 is 6.36 Å². The number of halogens is 3. The Labute approximate surface area is 108 Å². The molecule has 1 aromatic rings.